The van der Waals surface area contributed by atoms with Gasteiger partial charge < -0.3 is 15.2 Å². The van der Waals surface area contributed by atoms with Gasteiger partial charge in [-0.2, -0.15) is 0 Å². The van der Waals surface area contributed by atoms with Gasteiger partial charge in [0, 0.05) is 16.1 Å². The minimum Gasteiger partial charge on any atom is -0.496 e. The van der Waals surface area contributed by atoms with E-state index in [0.29, 0.717) is 17.4 Å². The first-order chi connectivity index (χ1) is 10.2. The molecule has 0 saturated heterocycles. The Hall–Kier alpha value is -1.71. The van der Waals surface area contributed by atoms with Gasteiger partial charge in [-0.3, -0.25) is 0 Å². The second-order valence-corrected chi connectivity index (χ2v) is 5.19. The maximum absolute atomic E-state index is 6.41. The number of hydrogen-bond acceptors (Lipinski definition) is 3. The summed E-state index contributed by atoms with van der Waals surface area (Å²) in [6.45, 7) is 2.74. The number of benzene rings is 2. The van der Waals surface area contributed by atoms with E-state index in [0.717, 1.165) is 23.3 Å². The highest BCUT2D eigenvalue weighted by atomic mass is 35.5. The molecule has 4 heteroatoms. The highest BCUT2D eigenvalue weighted by Gasteiger charge is 2.18. The molecule has 0 fully saturated rings. The first kappa shape index (κ1) is 15.7. The van der Waals surface area contributed by atoms with Crippen molar-refractivity contribution in [1.29, 1.82) is 0 Å². The molecule has 0 radical (unpaired) electrons. The fraction of sp³-hybridized carbons (Fsp3) is 0.294. The summed E-state index contributed by atoms with van der Waals surface area (Å²) in [4.78, 5) is 0. The molecule has 1 unspecified atom stereocenters. The van der Waals surface area contributed by atoms with E-state index >= 15 is 0 Å². The Morgan fingerprint density at radius 1 is 1.10 bits per heavy atom. The summed E-state index contributed by atoms with van der Waals surface area (Å²) in [5.74, 6) is 1.49. The quantitative estimate of drug-likeness (QED) is 0.870. The Labute approximate surface area is 130 Å². The molecule has 3 nitrogen and oxygen atoms in total. The summed E-state index contributed by atoms with van der Waals surface area (Å²) in [7, 11) is 1.61. The van der Waals surface area contributed by atoms with E-state index in [1.165, 1.54) is 0 Å². The van der Waals surface area contributed by atoms with Crippen LogP contribution in [0.5, 0.6) is 11.5 Å². The molecule has 2 rings (SSSR count). The number of rotatable bonds is 6. The molecule has 2 aromatic carbocycles. The van der Waals surface area contributed by atoms with E-state index in [9.17, 15) is 0 Å². The molecule has 2 N–H and O–H groups in total. The summed E-state index contributed by atoms with van der Waals surface area (Å²) in [5, 5.41) is 0.623. The third kappa shape index (κ3) is 3.69. The van der Waals surface area contributed by atoms with Crippen LogP contribution in [0.2, 0.25) is 5.02 Å². The van der Waals surface area contributed by atoms with Crippen molar-refractivity contribution in [3.8, 4) is 11.5 Å². The molecule has 0 saturated carbocycles. The van der Waals surface area contributed by atoms with E-state index in [-0.39, 0.29) is 6.04 Å². The predicted molar refractivity (Wildman–Crippen MR) is 86.3 cm³/mol. The van der Waals surface area contributed by atoms with Gasteiger partial charge in [0.2, 0.25) is 0 Å². The minimum absolute atomic E-state index is 0.328. The summed E-state index contributed by atoms with van der Waals surface area (Å²) >= 11 is 6.00. The lowest BCUT2D eigenvalue weighted by Gasteiger charge is -2.19. The first-order valence-electron chi connectivity index (χ1n) is 6.98. The number of ether oxygens (including phenoxy) is 2. The standard InChI is InChI=1S/C17H20ClNO2/c1-3-10-21-15-7-5-4-6-13(15)17(19)14-9-8-12(18)11-16(14)20-2/h4-9,11,17H,3,10,19H2,1-2H3. The van der Waals surface area contributed by atoms with E-state index in [1.807, 2.05) is 36.4 Å². The van der Waals surface area contributed by atoms with Gasteiger partial charge >= 0.3 is 0 Å². The van der Waals surface area contributed by atoms with Crippen molar-refractivity contribution in [3.63, 3.8) is 0 Å². The summed E-state index contributed by atoms with van der Waals surface area (Å²) in [5.41, 5.74) is 8.23. The fourth-order valence-electron chi connectivity index (χ4n) is 2.19. The molecular formula is C17H20ClNO2. The van der Waals surface area contributed by atoms with Crippen molar-refractivity contribution < 1.29 is 9.47 Å². The molecule has 2 aromatic rings. The van der Waals surface area contributed by atoms with Crippen LogP contribution in [0.15, 0.2) is 42.5 Å². The highest BCUT2D eigenvalue weighted by molar-refractivity contribution is 6.30. The Bertz CT molecular complexity index is 601. The Morgan fingerprint density at radius 2 is 1.81 bits per heavy atom. The van der Waals surface area contributed by atoms with Gasteiger partial charge in [0.05, 0.1) is 19.8 Å². The van der Waals surface area contributed by atoms with Gasteiger partial charge in [-0.05, 0) is 24.6 Å². The molecular weight excluding hydrogens is 286 g/mol. The third-order valence-electron chi connectivity index (χ3n) is 3.25. The molecule has 0 bridgehead atoms. The lowest BCUT2D eigenvalue weighted by atomic mass is 9.98. The van der Waals surface area contributed by atoms with Gasteiger partial charge in [-0.1, -0.05) is 42.8 Å². The van der Waals surface area contributed by atoms with Crippen molar-refractivity contribution in [3.05, 3.63) is 58.6 Å². The number of methoxy groups -OCH3 is 1. The van der Waals surface area contributed by atoms with Gasteiger partial charge in [-0.15, -0.1) is 0 Å². The van der Waals surface area contributed by atoms with Crippen molar-refractivity contribution in [2.75, 3.05) is 13.7 Å². The zero-order valence-electron chi connectivity index (χ0n) is 12.3. The molecule has 0 aliphatic heterocycles. The van der Waals surface area contributed by atoms with Gasteiger partial charge in [0.15, 0.2) is 0 Å². The highest BCUT2D eigenvalue weighted by Crippen LogP contribution is 2.34. The number of nitrogens with two attached hydrogens (primary N) is 1. The maximum atomic E-state index is 6.41. The van der Waals surface area contributed by atoms with Gasteiger partial charge in [-0.25, -0.2) is 0 Å². The molecule has 21 heavy (non-hydrogen) atoms. The fourth-order valence-corrected chi connectivity index (χ4v) is 2.35. The number of halogens is 1. The SMILES string of the molecule is CCCOc1ccccc1C(N)c1ccc(Cl)cc1OC. The molecule has 1 atom stereocenters. The van der Waals surface area contributed by atoms with Crippen LogP contribution in [0.1, 0.15) is 30.5 Å². The second kappa shape index (κ2) is 7.34. The normalized spacial score (nSPS) is 12.0. The molecule has 112 valence electrons. The third-order valence-corrected chi connectivity index (χ3v) is 3.48. The maximum Gasteiger partial charge on any atom is 0.125 e. The molecule has 0 aliphatic carbocycles. The second-order valence-electron chi connectivity index (χ2n) is 4.75. The van der Waals surface area contributed by atoms with E-state index in [1.54, 1.807) is 13.2 Å². The van der Waals surface area contributed by atoms with Gasteiger partial charge in [0.25, 0.3) is 0 Å². The van der Waals surface area contributed by atoms with Crippen LogP contribution in [-0.2, 0) is 0 Å². The number of hydrogen-bond donors (Lipinski definition) is 1. The Morgan fingerprint density at radius 3 is 2.52 bits per heavy atom. The van der Waals surface area contributed by atoms with Gasteiger partial charge in [0.1, 0.15) is 11.5 Å². The molecule has 0 spiro atoms. The van der Waals surface area contributed by atoms with Crippen LogP contribution in [0.4, 0.5) is 0 Å². The van der Waals surface area contributed by atoms with E-state index in [4.69, 9.17) is 26.8 Å². The largest absolute Gasteiger partial charge is 0.496 e. The van der Waals surface area contributed by atoms with Crippen molar-refractivity contribution >= 4 is 11.6 Å². The smallest absolute Gasteiger partial charge is 0.125 e. The monoisotopic (exact) mass is 305 g/mol. The first-order valence-corrected chi connectivity index (χ1v) is 7.36. The van der Waals surface area contributed by atoms with Crippen LogP contribution in [0.3, 0.4) is 0 Å². The van der Waals surface area contributed by atoms with E-state index in [2.05, 4.69) is 6.92 Å². The zero-order chi connectivity index (χ0) is 15.2. The van der Waals surface area contributed by atoms with Crippen LogP contribution < -0.4 is 15.2 Å². The molecule has 0 heterocycles. The zero-order valence-corrected chi connectivity index (χ0v) is 13.1. The Kier molecular flexibility index (Phi) is 5.48. The number of para-hydroxylation sites is 1. The summed E-state index contributed by atoms with van der Waals surface area (Å²) in [6.07, 6.45) is 0.952. The average Bonchev–Trinajstić information content (AvgIpc) is 2.52. The Balaban J connectivity index is 2.38. The van der Waals surface area contributed by atoms with Crippen molar-refractivity contribution in [2.24, 2.45) is 5.73 Å². The summed E-state index contributed by atoms with van der Waals surface area (Å²) < 4.78 is 11.2. The average molecular weight is 306 g/mol. The van der Waals surface area contributed by atoms with Crippen LogP contribution in [-0.4, -0.2) is 13.7 Å². The lowest BCUT2D eigenvalue weighted by Crippen LogP contribution is -2.14. The molecule has 0 aliphatic rings. The molecule has 0 amide bonds. The van der Waals surface area contributed by atoms with Crippen molar-refractivity contribution in [2.45, 2.75) is 19.4 Å². The predicted octanol–water partition coefficient (Wildman–Crippen LogP) is 4.19. The van der Waals surface area contributed by atoms with Crippen molar-refractivity contribution in [1.82, 2.24) is 0 Å². The van der Waals surface area contributed by atoms with E-state index < -0.39 is 0 Å². The summed E-state index contributed by atoms with van der Waals surface area (Å²) in [6, 6.07) is 13.0. The minimum atomic E-state index is -0.328. The molecule has 0 aromatic heterocycles. The van der Waals surface area contributed by atoms with Crippen LogP contribution >= 0.6 is 11.6 Å². The lowest BCUT2D eigenvalue weighted by molar-refractivity contribution is 0.313. The topological polar surface area (TPSA) is 44.5 Å². The van der Waals surface area contributed by atoms with Crippen LogP contribution in [0, 0.1) is 0 Å². The van der Waals surface area contributed by atoms with Crippen LogP contribution in [0.25, 0.3) is 0 Å².